The largest absolute Gasteiger partial charge is 0.446 e. The summed E-state index contributed by atoms with van der Waals surface area (Å²) >= 11 is 0. The normalized spacial score (nSPS) is 10.5. The van der Waals surface area contributed by atoms with Crippen LogP contribution >= 0.6 is 0 Å². The molecule has 0 saturated carbocycles. The summed E-state index contributed by atoms with van der Waals surface area (Å²) in [5, 5.41) is 0. The van der Waals surface area contributed by atoms with E-state index < -0.39 is 12.2 Å². The molecule has 0 aliphatic heterocycles. The Labute approximate surface area is 137 Å². The Bertz CT molecular complexity index is 545. The summed E-state index contributed by atoms with van der Waals surface area (Å²) in [6.07, 6.45) is 7.67. The molecule has 24 heavy (non-hydrogen) atoms. The van der Waals surface area contributed by atoms with Gasteiger partial charge in [0, 0.05) is 24.8 Å². The molecule has 0 radical (unpaired) electrons. The van der Waals surface area contributed by atoms with Crippen LogP contribution in [0.4, 0.5) is 9.59 Å². The van der Waals surface area contributed by atoms with Crippen molar-refractivity contribution >= 4 is 12.2 Å². The predicted octanol–water partition coefficient (Wildman–Crippen LogP) is 0.782. The van der Waals surface area contributed by atoms with Crippen molar-refractivity contribution in [3.8, 4) is 0 Å². The van der Waals surface area contributed by atoms with Crippen LogP contribution in [-0.4, -0.2) is 70.9 Å². The molecule has 10 nitrogen and oxygen atoms in total. The third kappa shape index (κ3) is 6.18. The summed E-state index contributed by atoms with van der Waals surface area (Å²) in [4.78, 5) is 30.3. The molecule has 2 heterocycles. The van der Waals surface area contributed by atoms with Gasteiger partial charge < -0.3 is 18.9 Å². The van der Waals surface area contributed by atoms with E-state index in [0.717, 1.165) is 0 Å². The minimum atomic E-state index is -0.507. The van der Waals surface area contributed by atoms with Crippen LogP contribution < -0.4 is 0 Å². The average Bonchev–Trinajstić information content (AvgIpc) is 3.29. The molecule has 0 N–H and O–H groups in total. The first-order valence-corrected chi connectivity index (χ1v) is 7.23. The van der Waals surface area contributed by atoms with E-state index in [0.29, 0.717) is 13.2 Å². The van der Waals surface area contributed by atoms with Gasteiger partial charge in [0.25, 0.3) is 0 Å². The predicted molar refractivity (Wildman–Crippen MR) is 79.6 cm³/mol. The Morgan fingerprint density at radius 1 is 0.708 bits per heavy atom. The summed E-state index contributed by atoms with van der Waals surface area (Å²) < 4.78 is 22.8. The van der Waals surface area contributed by atoms with Crippen molar-refractivity contribution < 1.29 is 28.5 Å². The standard InChI is InChI=1S/C14H18N4O6/c19-13(17-3-1-15-11-17)23-9-7-21-5-6-22-8-10-24-14(20)18-4-2-16-12-18/h1-4,11-12H,5-10H2. The minimum absolute atomic E-state index is 0.138. The molecule has 0 spiro atoms. The maximum Gasteiger partial charge on any atom is 0.419 e. The average molecular weight is 338 g/mol. The van der Waals surface area contributed by atoms with Gasteiger partial charge in [-0.25, -0.2) is 28.7 Å². The van der Waals surface area contributed by atoms with Crippen LogP contribution in [0.2, 0.25) is 0 Å². The molecule has 130 valence electrons. The van der Waals surface area contributed by atoms with Gasteiger partial charge in [0.2, 0.25) is 0 Å². The number of hydrogen-bond donors (Lipinski definition) is 0. The summed E-state index contributed by atoms with van der Waals surface area (Å²) in [5.74, 6) is 0. The maximum absolute atomic E-state index is 11.4. The Kier molecular flexibility index (Phi) is 7.44. The zero-order valence-corrected chi connectivity index (χ0v) is 12.9. The van der Waals surface area contributed by atoms with Gasteiger partial charge in [0.1, 0.15) is 25.9 Å². The van der Waals surface area contributed by atoms with Crippen LogP contribution in [0.15, 0.2) is 37.4 Å². The first-order valence-electron chi connectivity index (χ1n) is 7.23. The molecular weight excluding hydrogens is 320 g/mol. The number of carbonyl (C=O) groups is 2. The minimum Gasteiger partial charge on any atom is -0.446 e. The Balaban J connectivity index is 1.38. The molecule has 0 atom stereocenters. The highest BCUT2D eigenvalue weighted by Gasteiger charge is 2.04. The van der Waals surface area contributed by atoms with Crippen molar-refractivity contribution in [3.05, 3.63) is 37.4 Å². The van der Waals surface area contributed by atoms with Crippen LogP contribution in [0.1, 0.15) is 0 Å². The van der Waals surface area contributed by atoms with Gasteiger partial charge >= 0.3 is 12.2 Å². The molecule has 2 aromatic heterocycles. The van der Waals surface area contributed by atoms with Crippen LogP contribution in [0.5, 0.6) is 0 Å². The molecule has 0 aromatic carbocycles. The second kappa shape index (κ2) is 10.1. The van der Waals surface area contributed by atoms with Crippen molar-refractivity contribution in [1.29, 1.82) is 0 Å². The number of carbonyl (C=O) groups excluding carboxylic acids is 2. The highest BCUT2D eigenvalue weighted by atomic mass is 16.6. The molecule has 0 fully saturated rings. The van der Waals surface area contributed by atoms with E-state index >= 15 is 0 Å². The summed E-state index contributed by atoms with van der Waals surface area (Å²) in [6, 6.07) is 0. The van der Waals surface area contributed by atoms with E-state index in [2.05, 4.69) is 9.97 Å². The molecule has 2 rings (SSSR count). The SMILES string of the molecule is O=C(OCCOCCOCCOC(=O)n1ccnc1)n1ccnc1. The lowest BCUT2D eigenvalue weighted by Gasteiger charge is -2.07. The lowest BCUT2D eigenvalue weighted by Crippen LogP contribution is -2.18. The second-order valence-electron chi connectivity index (χ2n) is 4.39. The van der Waals surface area contributed by atoms with E-state index in [1.807, 2.05) is 0 Å². The van der Waals surface area contributed by atoms with E-state index in [-0.39, 0.29) is 26.4 Å². The molecule has 0 amide bonds. The van der Waals surface area contributed by atoms with E-state index in [9.17, 15) is 9.59 Å². The smallest absolute Gasteiger partial charge is 0.419 e. The first-order chi connectivity index (χ1) is 11.8. The molecule has 0 unspecified atom stereocenters. The monoisotopic (exact) mass is 338 g/mol. The van der Waals surface area contributed by atoms with E-state index in [1.165, 1.54) is 46.6 Å². The van der Waals surface area contributed by atoms with Gasteiger partial charge in [-0.15, -0.1) is 0 Å². The maximum atomic E-state index is 11.4. The lowest BCUT2D eigenvalue weighted by atomic mass is 10.7. The third-order valence-electron chi connectivity index (χ3n) is 2.71. The van der Waals surface area contributed by atoms with Crippen LogP contribution in [0.25, 0.3) is 0 Å². The number of aromatic nitrogens is 4. The topological polar surface area (TPSA) is 107 Å². The molecule has 0 aliphatic rings. The quantitative estimate of drug-likeness (QED) is 0.618. The van der Waals surface area contributed by atoms with Crippen molar-refractivity contribution in [3.63, 3.8) is 0 Å². The highest BCUT2D eigenvalue weighted by molar-refractivity contribution is 5.70. The Hall–Kier alpha value is -2.72. The van der Waals surface area contributed by atoms with Crippen molar-refractivity contribution in [2.45, 2.75) is 0 Å². The zero-order chi connectivity index (χ0) is 17.0. The van der Waals surface area contributed by atoms with Gasteiger partial charge in [0.05, 0.1) is 26.4 Å². The number of rotatable bonds is 9. The van der Waals surface area contributed by atoms with Crippen LogP contribution in [0, 0.1) is 0 Å². The zero-order valence-electron chi connectivity index (χ0n) is 12.9. The molecular formula is C14H18N4O6. The number of hydrogen-bond acceptors (Lipinski definition) is 8. The van der Waals surface area contributed by atoms with Gasteiger partial charge in [0.15, 0.2) is 0 Å². The highest BCUT2D eigenvalue weighted by Crippen LogP contribution is 1.91. The summed E-state index contributed by atoms with van der Waals surface area (Å²) in [7, 11) is 0. The number of imidazole rings is 2. The molecule has 0 aliphatic carbocycles. The van der Waals surface area contributed by atoms with Crippen molar-refractivity contribution in [1.82, 2.24) is 19.1 Å². The molecule has 10 heteroatoms. The van der Waals surface area contributed by atoms with E-state index in [4.69, 9.17) is 18.9 Å². The fourth-order valence-corrected chi connectivity index (χ4v) is 1.58. The van der Waals surface area contributed by atoms with Gasteiger partial charge in [-0.05, 0) is 0 Å². The summed E-state index contributed by atoms with van der Waals surface area (Å²) in [6.45, 7) is 1.49. The van der Waals surface area contributed by atoms with Crippen molar-refractivity contribution in [2.24, 2.45) is 0 Å². The second-order valence-corrected chi connectivity index (χ2v) is 4.39. The fraction of sp³-hybridized carbons (Fsp3) is 0.429. The molecule has 0 bridgehead atoms. The van der Waals surface area contributed by atoms with Crippen LogP contribution in [-0.2, 0) is 18.9 Å². The van der Waals surface area contributed by atoms with Gasteiger partial charge in [-0.3, -0.25) is 0 Å². The van der Waals surface area contributed by atoms with Crippen molar-refractivity contribution in [2.75, 3.05) is 39.6 Å². The Morgan fingerprint density at radius 3 is 1.50 bits per heavy atom. The summed E-state index contributed by atoms with van der Waals surface area (Å²) in [5.41, 5.74) is 0. The first kappa shape index (κ1) is 17.6. The molecule has 0 saturated heterocycles. The number of ether oxygens (including phenoxy) is 4. The van der Waals surface area contributed by atoms with Crippen LogP contribution in [0.3, 0.4) is 0 Å². The van der Waals surface area contributed by atoms with E-state index in [1.54, 1.807) is 0 Å². The van der Waals surface area contributed by atoms with Gasteiger partial charge in [-0.2, -0.15) is 0 Å². The fourth-order valence-electron chi connectivity index (χ4n) is 1.58. The third-order valence-corrected chi connectivity index (χ3v) is 2.71. The lowest BCUT2D eigenvalue weighted by molar-refractivity contribution is 0.0158. The molecule has 2 aromatic rings. The van der Waals surface area contributed by atoms with Gasteiger partial charge in [-0.1, -0.05) is 0 Å². The number of nitrogens with zero attached hydrogens (tertiary/aromatic N) is 4. The Morgan fingerprint density at radius 2 is 1.12 bits per heavy atom.